The number of benzene rings is 1. The molecule has 1 nitrogen and oxygen atoms in total. The highest BCUT2D eigenvalue weighted by Crippen LogP contribution is 2.31. The first-order chi connectivity index (χ1) is 5.43. The molecule has 0 aromatic heterocycles. The molecule has 1 aromatic carbocycles. The lowest BCUT2D eigenvalue weighted by Crippen LogP contribution is -2.29. The maximum Gasteiger partial charge on any atom is 0.0471 e. The molecule has 0 fully saturated rings. The predicted molar refractivity (Wildman–Crippen MR) is 60.9 cm³/mol. The smallest absolute Gasteiger partial charge is 0.0471 e. The van der Waals surface area contributed by atoms with Gasteiger partial charge >= 0.3 is 0 Å². The molecule has 0 radical (unpaired) electrons. The summed E-state index contributed by atoms with van der Waals surface area (Å²) in [6, 6.07) is 5.38. The van der Waals surface area contributed by atoms with E-state index in [2.05, 4.69) is 0 Å². The van der Waals surface area contributed by atoms with Crippen LogP contribution in [0.25, 0.3) is 0 Å². The Kier molecular flexibility index (Phi) is 4.53. The van der Waals surface area contributed by atoms with Crippen molar-refractivity contribution in [2.75, 3.05) is 0 Å². The Hall–Kier alpha value is 0.0500. The summed E-state index contributed by atoms with van der Waals surface area (Å²) in [6.07, 6.45) is 0. The maximum atomic E-state index is 5.95. The predicted octanol–water partition coefficient (Wildman–Crippen LogP) is 3.61. The van der Waals surface area contributed by atoms with Gasteiger partial charge in [0.25, 0.3) is 0 Å². The summed E-state index contributed by atoms with van der Waals surface area (Å²) in [6.45, 7) is 3.75. The summed E-state index contributed by atoms with van der Waals surface area (Å²) in [5.74, 6) is 0. The Labute approximate surface area is 94.6 Å². The highest BCUT2D eigenvalue weighted by atomic mass is 35.5. The van der Waals surface area contributed by atoms with Crippen LogP contribution in [0.4, 0.5) is 0 Å². The zero-order chi connectivity index (χ0) is 9.35. The first kappa shape index (κ1) is 13.1. The lowest BCUT2D eigenvalue weighted by molar-refractivity contribution is 0.555. The SMILES string of the molecule is CC(C)(N)c1c(Cl)cccc1Cl.Cl. The van der Waals surface area contributed by atoms with E-state index in [1.165, 1.54) is 0 Å². The van der Waals surface area contributed by atoms with Crippen molar-refractivity contribution in [2.24, 2.45) is 5.73 Å². The van der Waals surface area contributed by atoms with Crippen molar-refractivity contribution < 1.29 is 0 Å². The van der Waals surface area contributed by atoms with Crippen LogP contribution in [0.15, 0.2) is 18.2 Å². The van der Waals surface area contributed by atoms with E-state index in [4.69, 9.17) is 28.9 Å². The average Bonchev–Trinajstić information content (AvgIpc) is 1.82. The van der Waals surface area contributed by atoms with Gasteiger partial charge in [-0.1, -0.05) is 29.3 Å². The Morgan fingerprint density at radius 3 is 1.77 bits per heavy atom. The van der Waals surface area contributed by atoms with Crippen LogP contribution >= 0.6 is 35.6 Å². The second-order valence-electron chi connectivity index (χ2n) is 3.32. The average molecular weight is 241 g/mol. The largest absolute Gasteiger partial charge is 0.322 e. The van der Waals surface area contributed by atoms with Gasteiger partial charge in [-0.25, -0.2) is 0 Å². The Balaban J connectivity index is 0.00000144. The molecule has 0 saturated carbocycles. The van der Waals surface area contributed by atoms with Gasteiger partial charge in [-0.05, 0) is 26.0 Å². The van der Waals surface area contributed by atoms with Gasteiger partial charge in [0.15, 0.2) is 0 Å². The second kappa shape index (κ2) is 4.52. The molecule has 13 heavy (non-hydrogen) atoms. The summed E-state index contributed by atoms with van der Waals surface area (Å²) < 4.78 is 0. The van der Waals surface area contributed by atoms with Crippen LogP contribution in [0, 0.1) is 0 Å². The van der Waals surface area contributed by atoms with Crippen LogP contribution in [0.3, 0.4) is 0 Å². The fraction of sp³-hybridized carbons (Fsp3) is 0.333. The molecule has 74 valence electrons. The Bertz CT molecular complexity index is 271. The highest BCUT2D eigenvalue weighted by Gasteiger charge is 2.20. The molecule has 0 aliphatic carbocycles. The van der Waals surface area contributed by atoms with Crippen LogP contribution in [-0.4, -0.2) is 0 Å². The van der Waals surface area contributed by atoms with Crippen molar-refractivity contribution in [1.82, 2.24) is 0 Å². The van der Waals surface area contributed by atoms with Gasteiger partial charge in [-0.15, -0.1) is 12.4 Å². The zero-order valence-corrected chi connectivity index (χ0v) is 9.80. The van der Waals surface area contributed by atoms with E-state index in [1.807, 2.05) is 13.8 Å². The van der Waals surface area contributed by atoms with Crippen molar-refractivity contribution in [3.05, 3.63) is 33.8 Å². The first-order valence-corrected chi connectivity index (χ1v) is 4.42. The number of nitrogens with two attached hydrogens (primary N) is 1. The number of halogens is 3. The molecular formula is C9H12Cl3N. The van der Waals surface area contributed by atoms with Gasteiger partial charge in [-0.3, -0.25) is 0 Å². The highest BCUT2D eigenvalue weighted by molar-refractivity contribution is 6.36. The molecule has 1 aromatic rings. The van der Waals surface area contributed by atoms with Crippen molar-refractivity contribution in [3.8, 4) is 0 Å². The van der Waals surface area contributed by atoms with Crippen LogP contribution < -0.4 is 5.73 Å². The molecule has 0 aliphatic rings. The van der Waals surface area contributed by atoms with E-state index in [9.17, 15) is 0 Å². The minimum atomic E-state index is -0.491. The molecule has 0 heterocycles. The number of hydrogen-bond acceptors (Lipinski definition) is 1. The molecular weight excluding hydrogens is 228 g/mol. The van der Waals surface area contributed by atoms with Crippen LogP contribution in [0.1, 0.15) is 19.4 Å². The molecule has 1 rings (SSSR count). The summed E-state index contributed by atoms with van der Waals surface area (Å²) in [5, 5.41) is 1.24. The fourth-order valence-electron chi connectivity index (χ4n) is 1.11. The van der Waals surface area contributed by atoms with Gasteiger partial charge in [0.1, 0.15) is 0 Å². The van der Waals surface area contributed by atoms with E-state index in [-0.39, 0.29) is 12.4 Å². The first-order valence-electron chi connectivity index (χ1n) is 3.66. The molecule has 0 saturated heterocycles. The van der Waals surface area contributed by atoms with Crippen LogP contribution in [0.2, 0.25) is 10.0 Å². The van der Waals surface area contributed by atoms with Gasteiger partial charge in [0, 0.05) is 21.1 Å². The van der Waals surface area contributed by atoms with Crippen LogP contribution in [0.5, 0.6) is 0 Å². The molecule has 0 unspecified atom stereocenters. The monoisotopic (exact) mass is 239 g/mol. The molecule has 0 amide bonds. The summed E-state index contributed by atoms with van der Waals surface area (Å²) >= 11 is 11.9. The van der Waals surface area contributed by atoms with Crippen molar-refractivity contribution >= 4 is 35.6 Å². The normalized spacial score (nSPS) is 10.8. The van der Waals surface area contributed by atoms with Gasteiger partial charge in [0.05, 0.1) is 0 Å². The molecule has 4 heteroatoms. The summed E-state index contributed by atoms with van der Waals surface area (Å²) in [4.78, 5) is 0. The molecule has 0 atom stereocenters. The quantitative estimate of drug-likeness (QED) is 0.797. The maximum absolute atomic E-state index is 5.95. The third-order valence-electron chi connectivity index (χ3n) is 1.61. The third kappa shape index (κ3) is 3.03. The van der Waals surface area contributed by atoms with Crippen molar-refractivity contribution in [2.45, 2.75) is 19.4 Å². The van der Waals surface area contributed by atoms with Crippen LogP contribution in [-0.2, 0) is 5.54 Å². The Morgan fingerprint density at radius 2 is 1.54 bits per heavy atom. The van der Waals surface area contributed by atoms with Crippen molar-refractivity contribution in [3.63, 3.8) is 0 Å². The molecule has 0 spiro atoms. The van der Waals surface area contributed by atoms with Gasteiger partial charge < -0.3 is 5.73 Å². The molecule has 0 bridgehead atoms. The van der Waals surface area contributed by atoms with E-state index in [0.717, 1.165) is 5.56 Å². The molecule has 0 aliphatic heterocycles. The lowest BCUT2D eigenvalue weighted by Gasteiger charge is -2.21. The third-order valence-corrected chi connectivity index (χ3v) is 2.24. The topological polar surface area (TPSA) is 26.0 Å². The van der Waals surface area contributed by atoms with E-state index < -0.39 is 5.54 Å². The van der Waals surface area contributed by atoms with Gasteiger partial charge in [0.2, 0.25) is 0 Å². The minimum absolute atomic E-state index is 0. The minimum Gasteiger partial charge on any atom is -0.322 e. The summed E-state index contributed by atoms with van der Waals surface area (Å²) in [7, 11) is 0. The van der Waals surface area contributed by atoms with Crippen molar-refractivity contribution in [1.29, 1.82) is 0 Å². The Morgan fingerprint density at radius 1 is 1.15 bits per heavy atom. The molecule has 2 N–H and O–H groups in total. The fourth-order valence-corrected chi connectivity index (χ4v) is 2.00. The van der Waals surface area contributed by atoms with E-state index >= 15 is 0 Å². The second-order valence-corrected chi connectivity index (χ2v) is 4.13. The lowest BCUT2D eigenvalue weighted by atomic mass is 9.96. The number of rotatable bonds is 1. The summed E-state index contributed by atoms with van der Waals surface area (Å²) in [5.41, 5.74) is 6.20. The van der Waals surface area contributed by atoms with E-state index in [0.29, 0.717) is 10.0 Å². The zero-order valence-electron chi connectivity index (χ0n) is 7.47. The standard InChI is InChI=1S/C9H11Cl2N.ClH/c1-9(2,12)8-6(10)4-3-5-7(8)11;/h3-5H,12H2,1-2H3;1H. The van der Waals surface area contributed by atoms with E-state index in [1.54, 1.807) is 18.2 Å². The van der Waals surface area contributed by atoms with Gasteiger partial charge in [-0.2, -0.15) is 0 Å². The number of hydrogen-bond donors (Lipinski definition) is 1.